The first-order valence-electron chi connectivity index (χ1n) is 6.56. The van der Waals surface area contributed by atoms with Crippen molar-refractivity contribution in [1.82, 2.24) is 4.98 Å². The first-order valence-corrected chi connectivity index (χ1v) is 6.56. The van der Waals surface area contributed by atoms with Gasteiger partial charge in [-0.3, -0.25) is 0 Å². The molecular weight excluding hydrogens is 240 g/mol. The number of nitrogens with zero attached hydrogens (tertiary/aromatic N) is 1. The third-order valence-electron chi connectivity index (χ3n) is 3.00. The molecule has 0 spiro atoms. The summed E-state index contributed by atoms with van der Waals surface area (Å²) >= 11 is 0. The second-order valence-electron chi connectivity index (χ2n) is 5.23. The fourth-order valence-corrected chi connectivity index (χ4v) is 2.14. The van der Waals surface area contributed by atoms with Gasteiger partial charge in [-0.05, 0) is 35.9 Å². The van der Waals surface area contributed by atoms with Crippen molar-refractivity contribution in [2.24, 2.45) is 5.92 Å². The molecule has 0 amide bonds. The van der Waals surface area contributed by atoms with Gasteiger partial charge in [0.1, 0.15) is 11.6 Å². The van der Waals surface area contributed by atoms with E-state index in [-0.39, 0.29) is 5.75 Å². The minimum Gasteiger partial charge on any atom is -0.508 e. The number of hydrogen-bond donors (Lipinski definition) is 3. The number of fused-ring (bicyclic) bond motifs is 1. The van der Waals surface area contributed by atoms with E-state index >= 15 is 0 Å². The summed E-state index contributed by atoms with van der Waals surface area (Å²) < 4.78 is 0. The van der Waals surface area contributed by atoms with Gasteiger partial charge in [0.2, 0.25) is 0 Å². The van der Waals surface area contributed by atoms with Crippen LogP contribution >= 0.6 is 0 Å². The van der Waals surface area contributed by atoms with Crippen LogP contribution in [0, 0.1) is 5.92 Å². The van der Waals surface area contributed by atoms with E-state index < -0.39 is 6.10 Å². The van der Waals surface area contributed by atoms with Crippen LogP contribution in [-0.4, -0.2) is 27.8 Å². The van der Waals surface area contributed by atoms with Gasteiger partial charge in [-0.1, -0.05) is 19.9 Å². The molecule has 0 aliphatic heterocycles. The third-order valence-corrected chi connectivity index (χ3v) is 3.00. The molecule has 0 bridgehead atoms. The van der Waals surface area contributed by atoms with E-state index in [1.807, 2.05) is 12.1 Å². The van der Waals surface area contributed by atoms with Crippen LogP contribution in [0.4, 0.5) is 5.82 Å². The Morgan fingerprint density at radius 3 is 2.79 bits per heavy atom. The highest BCUT2D eigenvalue weighted by Crippen LogP contribution is 2.25. The molecule has 2 aromatic rings. The Morgan fingerprint density at radius 2 is 2.05 bits per heavy atom. The molecule has 0 radical (unpaired) electrons. The lowest BCUT2D eigenvalue weighted by atomic mass is 10.1. The Kier molecular flexibility index (Phi) is 4.22. The maximum Gasteiger partial charge on any atom is 0.134 e. The van der Waals surface area contributed by atoms with Crippen LogP contribution in [0.2, 0.25) is 0 Å². The number of aliphatic hydroxyl groups excluding tert-OH is 1. The van der Waals surface area contributed by atoms with Crippen molar-refractivity contribution < 1.29 is 10.2 Å². The Bertz CT molecular complexity index is 555. The summed E-state index contributed by atoms with van der Waals surface area (Å²) in [5.74, 6) is 1.36. The van der Waals surface area contributed by atoms with Crippen molar-refractivity contribution >= 4 is 16.6 Å². The monoisotopic (exact) mass is 260 g/mol. The van der Waals surface area contributed by atoms with Gasteiger partial charge in [0.15, 0.2) is 0 Å². The van der Waals surface area contributed by atoms with Gasteiger partial charge in [-0.2, -0.15) is 0 Å². The summed E-state index contributed by atoms with van der Waals surface area (Å²) in [6.07, 6.45) is 2.08. The molecule has 19 heavy (non-hydrogen) atoms. The average molecular weight is 260 g/mol. The molecule has 0 saturated carbocycles. The van der Waals surface area contributed by atoms with Gasteiger partial charge in [-0.15, -0.1) is 0 Å². The third kappa shape index (κ3) is 3.58. The van der Waals surface area contributed by atoms with Crippen LogP contribution in [0.15, 0.2) is 30.5 Å². The number of anilines is 1. The number of pyridine rings is 1. The van der Waals surface area contributed by atoms with Crippen molar-refractivity contribution in [3.8, 4) is 5.75 Å². The summed E-state index contributed by atoms with van der Waals surface area (Å²) in [5, 5.41) is 24.4. The summed E-state index contributed by atoms with van der Waals surface area (Å²) in [6, 6.07) is 7.08. The van der Waals surface area contributed by atoms with E-state index in [1.165, 1.54) is 0 Å². The number of phenols is 1. The SMILES string of the molecule is CC(C)CC(O)CNc1nccc2ccc(O)cc12. The number of phenolic OH excluding ortho intramolecular Hbond substituents is 1. The van der Waals surface area contributed by atoms with Crippen LogP contribution in [0.3, 0.4) is 0 Å². The van der Waals surface area contributed by atoms with Gasteiger partial charge >= 0.3 is 0 Å². The smallest absolute Gasteiger partial charge is 0.134 e. The molecule has 1 aromatic carbocycles. The summed E-state index contributed by atoms with van der Waals surface area (Å²) in [7, 11) is 0. The van der Waals surface area contributed by atoms with E-state index in [9.17, 15) is 10.2 Å². The maximum atomic E-state index is 9.87. The molecule has 0 saturated heterocycles. The van der Waals surface area contributed by atoms with Crippen molar-refractivity contribution in [2.75, 3.05) is 11.9 Å². The highest BCUT2D eigenvalue weighted by atomic mass is 16.3. The second-order valence-corrected chi connectivity index (χ2v) is 5.23. The van der Waals surface area contributed by atoms with E-state index in [2.05, 4.69) is 24.1 Å². The van der Waals surface area contributed by atoms with E-state index in [0.717, 1.165) is 17.2 Å². The van der Waals surface area contributed by atoms with E-state index in [1.54, 1.807) is 18.3 Å². The Balaban J connectivity index is 2.14. The zero-order valence-corrected chi connectivity index (χ0v) is 11.3. The van der Waals surface area contributed by atoms with Gasteiger partial charge in [0, 0.05) is 18.1 Å². The average Bonchev–Trinajstić information content (AvgIpc) is 2.35. The number of rotatable bonds is 5. The van der Waals surface area contributed by atoms with Gasteiger partial charge in [0.25, 0.3) is 0 Å². The van der Waals surface area contributed by atoms with E-state index in [4.69, 9.17) is 0 Å². The fourth-order valence-electron chi connectivity index (χ4n) is 2.14. The minimum atomic E-state index is -0.394. The molecule has 4 nitrogen and oxygen atoms in total. The molecule has 1 unspecified atom stereocenters. The standard InChI is InChI=1S/C15H20N2O2/c1-10(2)7-13(19)9-17-15-14-8-12(18)4-3-11(14)5-6-16-15/h3-6,8,10,13,18-19H,7,9H2,1-2H3,(H,16,17). The van der Waals surface area contributed by atoms with Crippen molar-refractivity contribution in [3.63, 3.8) is 0 Å². The number of aromatic nitrogens is 1. The van der Waals surface area contributed by atoms with Gasteiger partial charge in [0.05, 0.1) is 6.10 Å². The Labute approximate surface area is 113 Å². The molecule has 0 aliphatic rings. The molecule has 1 atom stereocenters. The predicted molar refractivity (Wildman–Crippen MR) is 77.4 cm³/mol. The van der Waals surface area contributed by atoms with Crippen LogP contribution in [0.25, 0.3) is 10.8 Å². The predicted octanol–water partition coefficient (Wildman–Crippen LogP) is 2.76. The molecule has 1 heterocycles. The zero-order valence-electron chi connectivity index (χ0n) is 11.3. The molecule has 4 heteroatoms. The molecule has 0 fully saturated rings. The largest absolute Gasteiger partial charge is 0.508 e. The molecular formula is C15H20N2O2. The molecule has 3 N–H and O–H groups in total. The normalized spacial score (nSPS) is 12.8. The van der Waals surface area contributed by atoms with Crippen LogP contribution in [0.1, 0.15) is 20.3 Å². The Morgan fingerprint density at radius 1 is 1.26 bits per heavy atom. The van der Waals surface area contributed by atoms with Crippen LogP contribution in [-0.2, 0) is 0 Å². The highest BCUT2D eigenvalue weighted by Gasteiger charge is 2.08. The van der Waals surface area contributed by atoms with Crippen LogP contribution < -0.4 is 5.32 Å². The first kappa shape index (κ1) is 13.6. The van der Waals surface area contributed by atoms with Gasteiger partial charge < -0.3 is 15.5 Å². The minimum absolute atomic E-state index is 0.214. The first-order chi connectivity index (χ1) is 9.06. The van der Waals surface area contributed by atoms with Crippen LogP contribution in [0.5, 0.6) is 5.75 Å². The summed E-state index contributed by atoms with van der Waals surface area (Å²) in [5.41, 5.74) is 0. The number of benzene rings is 1. The maximum absolute atomic E-state index is 9.87. The molecule has 1 aromatic heterocycles. The number of nitrogens with one attached hydrogen (secondary N) is 1. The number of aliphatic hydroxyl groups is 1. The number of hydrogen-bond acceptors (Lipinski definition) is 4. The van der Waals surface area contributed by atoms with Crippen molar-refractivity contribution in [3.05, 3.63) is 30.5 Å². The lowest BCUT2D eigenvalue weighted by Crippen LogP contribution is -2.21. The highest BCUT2D eigenvalue weighted by molar-refractivity contribution is 5.92. The zero-order chi connectivity index (χ0) is 13.8. The van der Waals surface area contributed by atoms with Gasteiger partial charge in [-0.25, -0.2) is 4.98 Å². The van der Waals surface area contributed by atoms with Crippen molar-refractivity contribution in [2.45, 2.75) is 26.4 Å². The summed E-state index contributed by atoms with van der Waals surface area (Å²) in [4.78, 5) is 4.27. The number of aromatic hydroxyl groups is 1. The Hall–Kier alpha value is -1.81. The molecule has 102 valence electrons. The lowest BCUT2D eigenvalue weighted by molar-refractivity contribution is 0.161. The molecule has 0 aliphatic carbocycles. The molecule has 2 rings (SSSR count). The topological polar surface area (TPSA) is 65.4 Å². The van der Waals surface area contributed by atoms with Crippen molar-refractivity contribution in [1.29, 1.82) is 0 Å². The fraction of sp³-hybridized carbons (Fsp3) is 0.400. The summed E-state index contributed by atoms with van der Waals surface area (Å²) in [6.45, 7) is 4.62. The van der Waals surface area contributed by atoms with E-state index in [0.29, 0.717) is 18.3 Å². The lowest BCUT2D eigenvalue weighted by Gasteiger charge is -2.15. The second kappa shape index (κ2) is 5.89. The quantitative estimate of drug-likeness (QED) is 0.773.